The first-order valence-corrected chi connectivity index (χ1v) is 8.55. The fraction of sp³-hybridized carbons (Fsp3) is 0.556. The van der Waals surface area contributed by atoms with Crippen LogP contribution in [0.15, 0.2) is 24.3 Å². The highest BCUT2D eigenvalue weighted by Gasteiger charge is 2.35. The lowest BCUT2D eigenvalue weighted by molar-refractivity contribution is -0.128. The molecule has 2 aliphatic heterocycles. The van der Waals surface area contributed by atoms with Crippen LogP contribution in [0.5, 0.6) is 5.75 Å². The standard InChI is InChI=1S/C18H25N3O4/c1-12(22)13-4-3-5-15(6-13)25-8-14-7-16(21-20-14)17(23)19-9-18(2)10-24-11-18/h3-6,14,16,20-21H,7-11H2,1-2H3,(H,19,23). The van der Waals surface area contributed by atoms with E-state index in [2.05, 4.69) is 23.1 Å². The molecule has 2 atom stereocenters. The van der Waals surface area contributed by atoms with Gasteiger partial charge < -0.3 is 14.8 Å². The molecule has 1 amide bonds. The molecule has 2 unspecified atom stereocenters. The Kier molecular flexibility index (Phi) is 5.36. The van der Waals surface area contributed by atoms with E-state index in [0.717, 1.165) is 0 Å². The lowest BCUT2D eigenvalue weighted by Crippen LogP contribution is -2.52. The fourth-order valence-electron chi connectivity index (χ4n) is 2.88. The molecule has 25 heavy (non-hydrogen) atoms. The van der Waals surface area contributed by atoms with Gasteiger partial charge in [-0.2, -0.15) is 0 Å². The molecule has 0 saturated carbocycles. The lowest BCUT2D eigenvalue weighted by atomic mass is 9.88. The molecule has 2 fully saturated rings. The first-order chi connectivity index (χ1) is 12.0. The number of hydrogen-bond donors (Lipinski definition) is 3. The number of ether oxygens (including phenoxy) is 2. The summed E-state index contributed by atoms with van der Waals surface area (Å²) in [5.74, 6) is 0.649. The number of amides is 1. The van der Waals surface area contributed by atoms with E-state index in [1.807, 2.05) is 6.07 Å². The van der Waals surface area contributed by atoms with Crippen LogP contribution in [-0.2, 0) is 9.53 Å². The summed E-state index contributed by atoms with van der Waals surface area (Å²) in [6, 6.07) is 6.86. The third-order valence-electron chi connectivity index (χ3n) is 4.58. The Morgan fingerprint density at radius 2 is 2.16 bits per heavy atom. The third-order valence-corrected chi connectivity index (χ3v) is 4.58. The van der Waals surface area contributed by atoms with Crippen LogP contribution in [0, 0.1) is 5.41 Å². The van der Waals surface area contributed by atoms with Crippen LogP contribution in [0.1, 0.15) is 30.6 Å². The van der Waals surface area contributed by atoms with E-state index in [1.165, 1.54) is 6.92 Å². The molecule has 2 heterocycles. The Hall–Kier alpha value is -1.96. The lowest BCUT2D eigenvalue weighted by Gasteiger charge is -2.38. The number of Topliss-reactive ketones (excluding diaryl/α,β-unsaturated/α-hetero) is 1. The number of rotatable bonds is 7. The quantitative estimate of drug-likeness (QED) is 0.628. The van der Waals surface area contributed by atoms with E-state index < -0.39 is 0 Å². The molecule has 0 spiro atoms. The Morgan fingerprint density at radius 3 is 2.84 bits per heavy atom. The maximum atomic E-state index is 12.2. The van der Waals surface area contributed by atoms with Gasteiger partial charge in [-0.3, -0.25) is 15.0 Å². The van der Waals surface area contributed by atoms with Gasteiger partial charge in [0.05, 0.1) is 19.3 Å². The smallest absolute Gasteiger partial charge is 0.238 e. The Balaban J connectivity index is 1.42. The normalized spacial score (nSPS) is 24.4. The van der Waals surface area contributed by atoms with E-state index in [0.29, 0.717) is 44.1 Å². The topological polar surface area (TPSA) is 88.7 Å². The Bertz CT molecular complexity index is 645. The van der Waals surface area contributed by atoms with Crippen molar-refractivity contribution < 1.29 is 19.1 Å². The number of carbonyl (C=O) groups excluding carboxylic acids is 2. The second kappa shape index (κ2) is 7.51. The zero-order chi connectivity index (χ0) is 17.9. The minimum Gasteiger partial charge on any atom is -0.492 e. The first kappa shape index (κ1) is 17.8. The van der Waals surface area contributed by atoms with E-state index >= 15 is 0 Å². The molecule has 0 bridgehead atoms. The molecular formula is C18H25N3O4. The monoisotopic (exact) mass is 347 g/mol. The summed E-state index contributed by atoms with van der Waals surface area (Å²) in [6.45, 7) is 6.06. The summed E-state index contributed by atoms with van der Waals surface area (Å²) >= 11 is 0. The van der Waals surface area contributed by atoms with Crippen molar-refractivity contribution in [1.29, 1.82) is 0 Å². The molecule has 2 aliphatic rings. The van der Waals surface area contributed by atoms with Gasteiger partial charge in [-0.05, 0) is 25.5 Å². The van der Waals surface area contributed by atoms with Crippen molar-refractivity contribution >= 4 is 11.7 Å². The molecule has 1 aromatic carbocycles. The molecule has 1 aromatic rings. The zero-order valence-corrected chi connectivity index (χ0v) is 14.6. The summed E-state index contributed by atoms with van der Waals surface area (Å²) in [6.07, 6.45) is 0.644. The van der Waals surface area contributed by atoms with E-state index in [1.54, 1.807) is 18.2 Å². The summed E-state index contributed by atoms with van der Waals surface area (Å²) in [7, 11) is 0. The molecule has 3 N–H and O–H groups in total. The molecule has 0 aromatic heterocycles. The molecule has 0 aliphatic carbocycles. The van der Waals surface area contributed by atoms with Crippen molar-refractivity contribution in [3.05, 3.63) is 29.8 Å². The van der Waals surface area contributed by atoms with Crippen molar-refractivity contribution in [2.24, 2.45) is 5.41 Å². The van der Waals surface area contributed by atoms with Crippen LogP contribution in [0.4, 0.5) is 0 Å². The number of ketones is 1. The van der Waals surface area contributed by atoms with Gasteiger partial charge in [0, 0.05) is 17.5 Å². The second-order valence-corrected chi connectivity index (χ2v) is 7.19. The Morgan fingerprint density at radius 1 is 1.36 bits per heavy atom. The van der Waals surface area contributed by atoms with Crippen LogP contribution >= 0.6 is 0 Å². The average Bonchev–Trinajstić information content (AvgIpc) is 3.05. The van der Waals surface area contributed by atoms with Crippen LogP contribution in [0.3, 0.4) is 0 Å². The highest BCUT2D eigenvalue weighted by molar-refractivity contribution is 5.94. The van der Waals surface area contributed by atoms with Crippen molar-refractivity contribution in [2.75, 3.05) is 26.4 Å². The van der Waals surface area contributed by atoms with Gasteiger partial charge in [-0.15, -0.1) is 0 Å². The first-order valence-electron chi connectivity index (χ1n) is 8.55. The van der Waals surface area contributed by atoms with Gasteiger partial charge in [0.15, 0.2) is 5.78 Å². The number of hydrogen-bond acceptors (Lipinski definition) is 6. The fourth-order valence-corrected chi connectivity index (χ4v) is 2.88. The summed E-state index contributed by atoms with van der Waals surface area (Å²) in [4.78, 5) is 23.6. The number of nitrogens with one attached hydrogen (secondary N) is 3. The highest BCUT2D eigenvalue weighted by Crippen LogP contribution is 2.25. The zero-order valence-electron chi connectivity index (χ0n) is 14.6. The van der Waals surface area contributed by atoms with Gasteiger partial charge in [-0.25, -0.2) is 5.43 Å². The van der Waals surface area contributed by atoms with E-state index in [9.17, 15) is 9.59 Å². The predicted molar refractivity (Wildman–Crippen MR) is 92.3 cm³/mol. The molecular weight excluding hydrogens is 322 g/mol. The molecule has 7 heteroatoms. The van der Waals surface area contributed by atoms with Gasteiger partial charge in [0.1, 0.15) is 18.4 Å². The minimum absolute atomic E-state index is 0.00778. The number of carbonyl (C=O) groups is 2. The molecule has 136 valence electrons. The third kappa shape index (κ3) is 4.56. The average molecular weight is 347 g/mol. The van der Waals surface area contributed by atoms with Crippen LogP contribution in [-0.4, -0.2) is 50.1 Å². The van der Waals surface area contributed by atoms with E-state index in [4.69, 9.17) is 9.47 Å². The molecule has 7 nitrogen and oxygen atoms in total. The highest BCUT2D eigenvalue weighted by atomic mass is 16.5. The van der Waals surface area contributed by atoms with Gasteiger partial charge >= 0.3 is 0 Å². The van der Waals surface area contributed by atoms with Crippen molar-refractivity contribution in [2.45, 2.75) is 32.4 Å². The van der Waals surface area contributed by atoms with Crippen LogP contribution < -0.4 is 20.9 Å². The van der Waals surface area contributed by atoms with Crippen molar-refractivity contribution in [1.82, 2.24) is 16.2 Å². The van der Waals surface area contributed by atoms with E-state index in [-0.39, 0.29) is 29.2 Å². The Labute approximate surface area is 147 Å². The minimum atomic E-state index is -0.276. The second-order valence-electron chi connectivity index (χ2n) is 7.19. The summed E-state index contributed by atoms with van der Waals surface area (Å²) in [5, 5.41) is 2.98. The van der Waals surface area contributed by atoms with Crippen molar-refractivity contribution in [3.63, 3.8) is 0 Å². The molecule has 3 rings (SSSR count). The summed E-state index contributed by atoms with van der Waals surface area (Å²) < 4.78 is 10.9. The van der Waals surface area contributed by atoms with Gasteiger partial charge in [-0.1, -0.05) is 19.1 Å². The summed E-state index contributed by atoms with van der Waals surface area (Å²) in [5.41, 5.74) is 6.80. The molecule has 0 radical (unpaired) electrons. The van der Waals surface area contributed by atoms with Crippen molar-refractivity contribution in [3.8, 4) is 5.75 Å². The number of benzene rings is 1. The van der Waals surface area contributed by atoms with Gasteiger partial charge in [0.25, 0.3) is 0 Å². The molecule has 2 saturated heterocycles. The maximum Gasteiger partial charge on any atom is 0.238 e. The predicted octanol–water partition coefficient (Wildman–Crippen LogP) is 0.656. The maximum absolute atomic E-state index is 12.2. The largest absolute Gasteiger partial charge is 0.492 e. The number of hydrazine groups is 1. The van der Waals surface area contributed by atoms with Gasteiger partial charge in [0.2, 0.25) is 5.91 Å². The van der Waals surface area contributed by atoms with Crippen LogP contribution in [0.25, 0.3) is 0 Å². The SMILES string of the molecule is CC(=O)c1cccc(OCC2CC(C(=O)NCC3(C)COC3)NN2)c1. The van der Waals surface area contributed by atoms with Crippen LogP contribution in [0.2, 0.25) is 0 Å².